The van der Waals surface area contributed by atoms with Crippen molar-refractivity contribution in [3.05, 3.63) is 69.9 Å². The third-order valence-electron chi connectivity index (χ3n) is 2.90. The van der Waals surface area contributed by atoms with Crippen molar-refractivity contribution in [2.24, 2.45) is 0 Å². The molecule has 1 N–H and O–H groups in total. The van der Waals surface area contributed by atoms with Gasteiger partial charge in [-0.25, -0.2) is 4.39 Å². The summed E-state index contributed by atoms with van der Waals surface area (Å²) in [7, 11) is 0. The minimum atomic E-state index is -0.211. The molecule has 0 amide bonds. The van der Waals surface area contributed by atoms with Crippen LogP contribution in [0.15, 0.2) is 53.0 Å². The highest BCUT2D eigenvalue weighted by atomic mass is 79.9. The van der Waals surface area contributed by atoms with E-state index in [1.165, 1.54) is 6.07 Å². The molecule has 0 bridgehead atoms. The molecule has 0 saturated carbocycles. The van der Waals surface area contributed by atoms with Crippen LogP contribution in [-0.4, -0.2) is 5.88 Å². The number of halogens is 3. The van der Waals surface area contributed by atoms with Gasteiger partial charge in [0.05, 0.1) is 0 Å². The summed E-state index contributed by atoms with van der Waals surface area (Å²) < 4.78 is 14.5. The van der Waals surface area contributed by atoms with E-state index in [4.69, 9.17) is 11.6 Å². The predicted octanol–water partition coefficient (Wildman–Crippen LogP) is 4.66. The molecule has 0 aliphatic rings. The Bertz CT molecular complexity index is 533. The second kappa shape index (κ2) is 7.04. The van der Waals surface area contributed by atoms with E-state index in [-0.39, 0.29) is 11.9 Å². The fourth-order valence-corrected chi connectivity index (χ4v) is 2.55. The van der Waals surface area contributed by atoms with Crippen LogP contribution in [0.1, 0.15) is 17.2 Å². The van der Waals surface area contributed by atoms with E-state index in [1.807, 2.05) is 30.3 Å². The molecule has 0 spiro atoms. The molecule has 0 fully saturated rings. The topological polar surface area (TPSA) is 12.0 Å². The zero-order chi connectivity index (χ0) is 13.7. The first-order valence-electron chi connectivity index (χ1n) is 5.99. The number of alkyl halides is 1. The first-order valence-corrected chi connectivity index (χ1v) is 7.31. The summed E-state index contributed by atoms with van der Waals surface area (Å²) in [5.74, 6) is 0.233. The predicted molar refractivity (Wildman–Crippen MR) is 80.8 cm³/mol. The summed E-state index contributed by atoms with van der Waals surface area (Å²) in [6.45, 7) is 0.442. The van der Waals surface area contributed by atoms with E-state index in [2.05, 4.69) is 21.2 Å². The minimum Gasteiger partial charge on any atom is -0.305 e. The Morgan fingerprint density at radius 2 is 1.89 bits per heavy atom. The Hall–Kier alpha value is -0.900. The molecule has 0 radical (unpaired) electrons. The molecule has 1 unspecified atom stereocenters. The van der Waals surface area contributed by atoms with Crippen molar-refractivity contribution in [3.8, 4) is 0 Å². The van der Waals surface area contributed by atoms with Gasteiger partial charge in [-0.3, -0.25) is 0 Å². The molecule has 100 valence electrons. The standard InChI is InChI=1S/C15H14BrClFN/c16-13-6-7-14(18)12(8-13)10-19-15(9-17)11-4-2-1-3-5-11/h1-8,15,19H,9-10H2. The average molecular weight is 343 g/mol. The molecule has 2 aromatic rings. The van der Waals surface area contributed by atoms with Crippen LogP contribution in [0.3, 0.4) is 0 Å². The van der Waals surface area contributed by atoms with Crippen LogP contribution >= 0.6 is 27.5 Å². The van der Waals surface area contributed by atoms with Gasteiger partial charge in [0.25, 0.3) is 0 Å². The van der Waals surface area contributed by atoms with Crippen LogP contribution in [0.4, 0.5) is 4.39 Å². The lowest BCUT2D eigenvalue weighted by Gasteiger charge is -2.17. The van der Waals surface area contributed by atoms with Gasteiger partial charge in [0.15, 0.2) is 0 Å². The summed E-state index contributed by atoms with van der Waals surface area (Å²) in [6.07, 6.45) is 0. The highest BCUT2D eigenvalue weighted by Gasteiger charge is 2.10. The second-order valence-electron chi connectivity index (χ2n) is 4.23. The van der Waals surface area contributed by atoms with Crippen LogP contribution in [-0.2, 0) is 6.54 Å². The Kier molecular flexibility index (Phi) is 5.37. The quantitative estimate of drug-likeness (QED) is 0.779. The molecular formula is C15H14BrClFN. The van der Waals surface area contributed by atoms with Crippen LogP contribution in [0.5, 0.6) is 0 Å². The molecule has 0 heterocycles. The maximum Gasteiger partial charge on any atom is 0.127 e. The first kappa shape index (κ1) is 14.5. The molecule has 0 aliphatic carbocycles. The minimum absolute atomic E-state index is 0.0150. The van der Waals surface area contributed by atoms with E-state index >= 15 is 0 Å². The number of hydrogen-bond donors (Lipinski definition) is 1. The number of rotatable bonds is 5. The largest absolute Gasteiger partial charge is 0.305 e. The average Bonchev–Trinajstić information content (AvgIpc) is 2.44. The Morgan fingerprint density at radius 3 is 2.58 bits per heavy atom. The molecule has 2 rings (SSSR count). The maximum absolute atomic E-state index is 13.6. The van der Waals surface area contributed by atoms with Crippen molar-refractivity contribution < 1.29 is 4.39 Å². The fraction of sp³-hybridized carbons (Fsp3) is 0.200. The Balaban J connectivity index is 2.06. The van der Waals surface area contributed by atoms with E-state index < -0.39 is 0 Å². The summed E-state index contributed by atoms with van der Waals surface area (Å²) in [6, 6.07) is 14.9. The zero-order valence-corrected chi connectivity index (χ0v) is 12.6. The molecule has 0 saturated heterocycles. The zero-order valence-electron chi connectivity index (χ0n) is 10.2. The van der Waals surface area contributed by atoms with Gasteiger partial charge in [0.1, 0.15) is 5.82 Å². The molecule has 0 aliphatic heterocycles. The van der Waals surface area contributed by atoms with Crippen LogP contribution in [0.2, 0.25) is 0 Å². The van der Waals surface area contributed by atoms with Crippen LogP contribution in [0, 0.1) is 5.82 Å². The van der Waals surface area contributed by atoms with Crippen LogP contribution < -0.4 is 5.32 Å². The number of hydrogen-bond acceptors (Lipinski definition) is 1. The van der Waals surface area contributed by atoms with E-state index in [1.54, 1.807) is 12.1 Å². The number of nitrogens with one attached hydrogen (secondary N) is 1. The van der Waals surface area contributed by atoms with Crippen molar-refractivity contribution in [2.75, 3.05) is 5.88 Å². The molecule has 4 heteroatoms. The third-order valence-corrected chi connectivity index (χ3v) is 3.70. The van der Waals surface area contributed by atoms with Crippen molar-refractivity contribution in [1.29, 1.82) is 0 Å². The van der Waals surface area contributed by atoms with E-state index in [0.717, 1.165) is 10.0 Å². The molecule has 19 heavy (non-hydrogen) atoms. The molecule has 1 nitrogen and oxygen atoms in total. The SMILES string of the molecule is Fc1ccc(Br)cc1CNC(CCl)c1ccccc1. The normalized spacial score (nSPS) is 12.4. The van der Waals surface area contributed by atoms with Crippen LogP contribution in [0.25, 0.3) is 0 Å². The monoisotopic (exact) mass is 341 g/mol. The number of benzene rings is 2. The third kappa shape index (κ3) is 4.03. The van der Waals surface area contributed by atoms with Gasteiger partial charge >= 0.3 is 0 Å². The highest BCUT2D eigenvalue weighted by Crippen LogP contribution is 2.18. The smallest absolute Gasteiger partial charge is 0.127 e. The van der Waals surface area contributed by atoms with Crippen molar-refractivity contribution in [1.82, 2.24) is 5.32 Å². The lowest BCUT2D eigenvalue weighted by Crippen LogP contribution is -2.22. The van der Waals surface area contributed by atoms with Crippen molar-refractivity contribution >= 4 is 27.5 Å². The molecule has 0 aromatic heterocycles. The first-order chi connectivity index (χ1) is 9.20. The highest BCUT2D eigenvalue weighted by molar-refractivity contribution is 9.10. The Morgan fingerprint density at radius 1 is 1.16 bits per heavy atom. The van der Waals surface area contributed by atoms with Gasteiger partial charge < -0.3 is 5.32 Å². The van der Waals surface area contributed by atoms with Gasteiger partial charge in [-0.2, -0.15) is 0 Å². The lowest BCUT2D eigenvalue weighted by molar-refractivity contribution is 0.547. The van der Waals surface area contributed by atoms with Gasteiger partial charge in [-0.15, -0.1) is 11.6 Å². The second-order valence-corrected chi connectivity index (χ2v) is 5.46. The van der Waals surface area contributed by atoms with Crippen molar-refractivity contribution in [3.63, 3.8) is 0 Å². The van der Waals surface area contributed by atoms with Gasteiger partial charge in [-0.05, 0) is 23.8 Å². The van der Waals surface area contributed by atoms with Crippen molar-refractivity contribution in [2.45, 2.75) is 12.6 Å². The van der Waals surface area contributed by atoms with Gasteiger partial charge in [-0.1, -0.05) is 46.3 Å². The fourth-order valence-electron chi connectivity index (χ4n) is 1.86. The molecular weight excluding hydrogens is 329 g/mol. The summed E-state index contributed by atoms with van der Waals surface area (Å²) in [4.78, 5) is 0. The molecule has 2 aromatic carbocycles. The van der Waals surface area contributed by atoms with Gasteiger partial charge in [0, 0.05) is 28.5 Å². The van der Waals surface area contributed by atoms with E-state index in [9.17, 15) is 4.39 Å². The van der Waals surface area contributed by atoms with E-state index in [0.29, 0.717) is 18.0 Å². The van der Waals surface area contributed by atoms with Gasteiger partial charge in [0.2, 0.25) is 0 Å². The summed E-state index contributed by atoms with van der Waals surface area (Å²) >= 11 is 9.32. The Labute approximate surface area is 125 Å². The lowest BCUT2D eigenvalue weighted by atomic mass is 10.1. The summed E-state index contributed by atoms with van der Waals surface area (Å²) in [5, 5.41) is 3.28. The molecule has 1 atom stereocenters. The summed E-state index contributed by atoms with van der Waals surface area (Å²) in [5.41, 5.74) is 1.73. The maximum atomic E-state index is 13.6.